The van der Waals surface area contributed by atoms with E-state index in [2.05, 4.69) is 43.5 Å². The number of rotatable bonds is 31. The lowest BCUT2D eigenvalue weighted by Gasteiger charge is -2.22. The summed E-state index contributed by atoms with van der Waals surface area (Å²) in [5.41, 5.74) is 0. The molecule has 0 aromatic heterocycles. The van der Waals surface area contributed by atoms with Crippen LogP contribution in [0.4, 0.5) is 0 Å². The van der Waals surface area contributed by atoms with E-state index in [1.54, 1.807) is 6.08 Å². The number of unbranched alkanes of at least 4 members (excludes halogenated alkanes) is 18. The molecule has 0 rings (SSSR count). The normalized spacial score (nSPS) is 14.6. The van der Waals surface area contributed by atoms with Crippen LogP contribution >= 0.6 is 0 Å². The van der Waals surface area contributed by atoms with E-state index in [4.69, 9.17) is 0 Å². The highest BCUT2D eigenvalue weighted by Crippen LogP contribution is 2.14. The lowest BCUT2D eigenvalue weighted by molar-refractivity contribution is -0.130. The summed E-state index contributed by atoms with van der Waals surface area (Å²) in [5.74, 6) is -1.56. The molecule has 0 aliphatic heterocycles. The highest BCUT2D eigenvalue weighted by molar-refractivity contribution is 7.85. The molecule has 0 aromatic rings. The smallest absolute Gasteiger partial charge is 0.267 e. The van der Waals surface area contributed by atoms with E-state index in [-0.39, 0.29) is 6.42 Å². The fourth-order valence-corrected chi connectivity index (χ4v) is 5.87. The van der Waals surface area contributed by atoms with E-state index >= 15 is 0 Å². The number of carbonyl (C=O) groups excluding carboxylic acids is 1. The number of nitrogens with one attached hydrogen (secondary N) is 1. The maximum Gasteiger partial charge on any atom is 0.267 e. The third kappa shape index (κ3) is 29.2. The Morgan fingerprint density at radius 3 is 1.50 bits per heavy atom. The van der Waals surface area contributed by atoms with E-state index < -0.39 is 40.0 Å². The fourth-order valence-electron chi connectivity index (χ4n) is 5.13. The second-order valence-corrected chi connectivity index (χ2v) is 13.8. The lowest BCUT2D eigenvalue weighted by Crippen LogP contribution is -2.50. The Morgan fingerprint density at radius 1 is 0.614 bits per heavy atom. The Bertz CT molecular complexity index is 855. The van der Waals surface area contributed by atoms with Crippen LogP contribution in [0.5, 0.6) is 0 Å². The first-order valence-corrected chi connectivity index (χ1v) is 19.4. The van der Waals surface area contributed by atoms with Gasteiger partial charge in [0.05, 0.1) is 17.9 Å². The second-order valence-electron chi connectivity index (χ2n) is 12.3. The molecule has 0 spiro atoms. The van der Waals surface area contributed by atoms with Gasteiger partial charge in [0.15, 0.2) is 0 Å². The van der Waals surface area contributed by atoms with Gasteiger partial charge in [-0.3, -0.25) is 9.35 Å². The number of aliphatic hydroxyl groups excluding tert-OH is 2. The molecular weight excluding hydrogens is 574 g/mol. The maximum atomic E-state index is 12.5. The number of hydrogen-bond donors (Lipinski definition) is 4. The van der Waals surface area contributed by atoms with Gasteiger partial charge in [-0.1, -0.05) is 153 Å². The Balaban J connectivity index is 4.20. The Hall–Kier alpha value is -1.48. The van der Waals surface area contributed by atoms with E-state index in [0.717, 1.165) is 44.9 Å². The zero-order chi connectivity index (χ0) is 32.7. The minimum absolute atomic E-state index is 0.273. The SMILES string of the molecule is CCCCC/C=C/CC/C=C/CC/C=C/C(O)C(CS(=O)(=O)O)NC(=O)C(O)CCCCCCCCCCCCCCCC. The molecule has 0 radical (unpaired) electrons. The first-order valence-electron chi connectivity index (χ1n) is 17.8. The summed E-state index contributed by atoms with van der Waals surface area (Å²) in [7, 11) is -4.45. The first kappa shape index (κ1) is 42.5. The lowest BCUT2D eigenvalue weighted by atomic mass is 10.0. The highest BCUT2D eigenvalue weighted by Gasteiger charge is 2.27. The predicted molar refractivity (Wildman–Crippen MR) is 185 cm³/mol. The van der Waals surface area contributed by atoms with Crippen molar-refractivity contribution < 1.29 is 28.0 Å². The number of amides is 1. The van der Waals surface area contributed by atoms with Gasteiger partial charge in [0.25, 0.3) is 10.1 Å². The minimum atomic E-state index is -4.45. The van der Waals surface area contributed by atoms with Crippen molar-refractivity contribution in [2.75, 3.05) is 5.75 Å². The fraction of sp³-hybridized carbons (Fsp3) is 0.806. The maximum absolute atomic E-state index is 12.5. The molecule has 3 unspecified atom stereocenters. The second kappa shape index (κ2) is 30.2. The van der Waals surface area contributed by atoms with Gasteiger partial charge in [0.1, 0.15) is 6.10 Å². The van der Waals surface area contributed by atoms with Crippen molar-refractivity contribution in [1.29, 1.82) is 0 Å². The van der Waals surface area contributed by atoms with Gasteiger partial charge in [0.2, 0.25) is 5.91 Å². The van der Waals surface area contributed by atoms with Gasteiger partial charge in [-0.25, -0.2) is 0 Å². The van der Waals surface area contributed by atoms with Crippen LogP contribution in [0.2, 0.25) is 0 Å². The zero-order valence-corrected chi connectivity index (χ0v) is 29.0. The summed E-state index contributed by atoms with van der Waals surface area (Å²) in [5, 5.41) is 23.2. The molecule has 3 atom stereocenters. The topological polar surface area (TPSA) is 124 Å². The minimum Gasteiger partial charge on any atom is -0.387 e. The zero-order valence-electron chi connectivity index (χ0n) is 28.1. The molecule has 1 amide bonds. The number of aliphatic hydroxyl groups is 2. The summed E-state index contributed by atoms with van der Waals surface area (Å²) >= 11 is 0. The van der Waals surface area contributed by atoms with Crippen molar-refractivity contribution in [2.45, 2.75) is 180 Å². The van der Waals surface area contributed by atoms with E-state index in [1.165, 1.54) is 89.5 Å². The molecule has 0 fully saturated rings. The van der Waals surface area contributed by atoms with Gasteiger partial charge >= 0.3 is 0 Å². The molecule has 7 nitrogen and oxygen atoms in total. The van der Waals surface area contributed by atoms with Crippen LogP contribution in [-0.2, 0) is 14.9 Å². The van der Waals surface area contributed by atoms with Crippen LogP contribution in [0.25, 0.3) is 0 Å². The predicted octanol–water partition coefficient (Wildman–Crippen LogP) is 8.76. The monoisotopic (exact) mass is 641 g/mol. The van der Waals surface area contributed by atoms with Crippen LogP contribution in [0.15, 0.2) is 36.5 Å². The Labute approximate surface area is 270 Å². The van der Waals surface area contributed by atoms with Gasteiger partial charge in [-0.2, -0.15) is 8.42 Å². The number of allylic oxidation sites excluding steroid dienone is 5. The van der Waals surface area contributed by atoms with Crippen molar-refractivity contribution in [1.82, 2.24) is 5.32 Å². The van der Waals surface area contributed by atoms with Crippen LogP contribution in [-0.4, -0.2) is 53.1 Å². The van der Waals surface area contributed by atoms with Gasteiger partial charge in [-0.05, 0) is 44.9 Å². The number of carbonyl (C=O) groups is 1. The van der Waals surface area contributed by atoms with Crippen molar-refractivity contribution in [3.8, 4) is 0 Å². The van der Waals surface area contributed by atoms with Crippen molar-refractivity contribution in [3.63, 3.8) is 0 Å². The van der Waals surface area contributed by atoms with Crippen molar-refractivity contribution in [3.05, 3.63) is 36.5 Å². The molecule has 0 saturated carbocycles. The average molecular weight is 642 g/mol. The van der Waals surface area contributed by atoms with Crippen LogP contribution in [0, 0.1) is 0 Å². The highest BCUT2D eigenvalue weighted by atomic mass is 32.2. The number of hydrogen-bond acceptors (Lipinski definition) is 5. The third-order valence-electron chi connectivity index (χ3n) is 7.90. The third-order valence-corrected chi connectivity index (χ3v) is 8.69. The summed E-state index contributed by atoms with van der Waals surface area (Å²) in [6.45, 7) is 4.45. The van der Waals surface area contributed by atoms with Gasteiger partial charge < -0.3 is 15.5 Å². The average Bonchev–Trinajstić information content (AvgIpc) is 2.98. The van der Waals surface area contributed by atoms with Crippen molar-refractivity contribution in [2.24, 2.45) is 0 Å². The van der Waals surface area contributed by atoms with Crippen LogP contribution in [0.3, 0.4) is 0 Å². The molecule has 0 heterocycles. The van der Waals surface area contributed by atoms with Gasteiger partial charge in [-0.15, -0.1) is 0 Å². The van der Waals surface area contributed by atoms with Crippen LogP contribution < -0.4 is 5.32 Å². The molecule has 0 aliphatic carbocycles. The molecule has 0 aliphatic rings. The van der Waals surface area contributed by atoms with E-state index in [9.17, 15) is 28.0 Å². The van der Waals surface area contributed by atoms with Crippen molar-refractivity contribution >= 4 is 16.0 Å². The summed E-state index contributed by atoms with van der Waals surface area (Å²) in [6.07, 6.45) is 34.8. The van der Waals surface area contributed by atoms with Gasteiger partial charge in [0, 0.05) is 0 Å². The Kier molecular flexibility index (Phi) is 29.2. The summed E-state index contributed by atoms with van der Waals surface area (Å²) in [6, 6.07) is -1.25. The van der Waals surface area contributed by atoms with E-state index in [0.29, 0.717) is 12.8 Å². The first-order chi connectivity index (χ1) is 21.2. The molecule has 0 aromatic carbocycles. The molecule has 0 bridgehead atoms. The molecule has 4 N–H and O–H groups in total. The van der Waals surface area contributed by atoms with E-state index in [1.807, 2.05) is 0 Å². The summed E-state index contributed by atoms with van der Waals surface area (Å²) < 4.78 is 32.3. The quantitative estimate of drug-likeness (QED) is 0.0341. The largest absolute Gasteiger partial charge is 0.387 e. The molecule has 258 valence electrons. The molecule has 8 heteroatoms. The molecule has 0 saturated heterocycles. The van der Waals surface area contributed by atoms with Crippen LogP contribution in [0.1, 0.15) is 162 Å². The molecular formula is C36H67NO6S. The standard InChI is InChI=1S/C36H67NO6S/c1-3-5-7-9-11-13-15-17-19-21-23-25-27-29-31-35(39)36(40)37-33(32-44(41,42)43)34(38)30-28-26-24-22-20-18-16-14-12-10-8-6-4-2/h12,14,20,22,28,30,33-35,38-39H,3-11,13,15-19,21,23-27,29,31-32H2,1-2H3,(H,37,40)(H,41,42,43)/b14-12+,22-20+,30-28+. The molecule has 44 heavy (non-hydrogen) atoms. The summed E-state index contributed by atoms with van der Waals surface area (Å²) in [4.78, 5) is 12.5. The Morgan fingerprint density at radius 2 is 1.02 bits per heavy atom.